The Kier molecular flexibility index (Phi) is 6.36. The van der Waals surface area contributed by atoms with Gasteiger partial charge >= 0.3 is 6.03 Å². The highest BCUT2D eigenvalue weighted by Gasteiger charge is 2.22. The van der Waals surface area contributed by atoms with Crippen LogP contribution in [-0.4, -0.2) is 52.1 Å². The number of hydroxylamine groups is 2. The van der Waals surface area contributed by atoms with E-state index in [1.165, 1.54) is 6.20 Å². The van der Waals surface area contributed by atoms with Crippen molar-refractivity contribution < 1.29 is 14.4 Å². The second-order valence-corrected chi connectivity index (χ2v) is 6.78. The van der Waals surface area contributed by atoms with Crippen LogP contribution in [0.15, 0.2) is 73.2 Å². The first-order valence-electron chi connectivity index (χ1n) is 9.78. The van der Waals surface area contributed by atoms with Gasteiger partial charge in [0.1, 0.15) is 12.4 Å². The maximum atomic E-state index is 12.3. The number of rotatable bonds is 6. The Labute approximate surface area is 175 Å². The van der Waals surface area contributed by atoms with Crippen molar-refractivity contribution in [3.8, 4) is 11.5 Å². The van der Waals surface area contributed by atoms with Crippen LogP contribution in [0.4, 0.5) is 10.6 Å². The van der Waals surface area contributed by atoms with Crippen LogP contribution in [0.5, 0.6) is 11.5 Å². The topological polar surface area (TPSA) is 79.8 Å². The van der Waals surface area contributed by atoms with Crippen LogP contribution < -0.4 is 14.9 Å². The SMILES string of the molecule is O=C(Nc1cnccn1)N1CCN(Oc2cccc(OCc3ccccc3)c2)CC1. The number of hydrogen-bond donors (Lipinski definition) is 1. The van der Waals surface area contributed by atoms with Gasteiger partial charge in [-0.15, -0.1) is 5.06 Å². The molecule has 0 aliphatic carbocycles. The van der Waals surface area contributed by atoms with Gasteiger partial charge in [0, 0.05) is 31.5 Å². The molecule has 0 saturated carbocycles. The molecule has 0 spiro atoms. The normalized spacial score (nSPS) is 14.2. The molecule has 1 aromatic heterocycles. The number of nitrogens with one attached hydrogen (secondary N) is 1. The number of ether oxygens (including phenoxy) is 1. The number of benzene rings is 2. The number of anilines is 1. The molecule has 1 aliphatic heterocycles. The summed E-state index contributed by atoms with van der Waals surface area (Å²) in [5.74, 6) is 1.89. The molecule has 8 heteroatoms. The molecule has 1 saturated heterocycles. The molecular formula is C22H23N5O3. The van der Waals surface area contributed by atoms with Gasteiger partial charge in [0.2, 0.25) is 0 Å². The lowest BCUT2D eigenvalue weighted by atomic mass is 10.2. The fourth-order valence-corrected chi connectivity index (χ4v) is 3.05. The van der Waals surface area contributed by atoms with Gasteiger partial charge in [0.15, 0.2) is 11.6 Å². The van der Waals surface area contributed by atoms with Gasteiger partial charge in [-0.3, -0.25) is 10.3 Å². The van der Waals surface area contributed by atoms with E-state index in [1.54, 1.807) is 17.3 Å². The number of nitrogens with zero attached hydrogens (tertiary/aromatic N) is 4. The number of aromatic nitrogens is 2. The Hall–Kier alpha value is -3.65. The van der Waals surface area contributed by atoms with Crippen molar-refractivity contribution in [1.82, 2.24) is 19.9 Å². The number of carbonyl (C=O) groups is 1. The third kappa shape index (κ3) is 5.45. The number of hydrogen-bond acceptors (Lipinski definition) is 6. The average Bonchev–Trinajstić information content (AvgIpc) is 2.80. The van der Waals surface area contributed by atoms with Crippen molar-refractivity contribution >= 4 is 11.8 Å². The van der Waals surface area contributed by atoms with E-state index in [-0.39, 0.29) is 6.03 Å². The summed E-state index contributed by atoms with van der Waals surface area (Å²) in [5, 5.41) is 4.60. The summed E-state index contributed by atoms with van der Waals surface area (Å²) in [7, 11) is 0. The molecule has 1 N–H and O–H groups in total. The Morgan fingerprint density at radius 2 is 1.77 bits per heavy atom. The summed E-state index contributed by atoms with van der Waals surface area (Å²) in [4.78, 5) is 28.0. The molecule has 8 nitrogen and oxygen atoms in total. The summed E-state index contributed by atoms with van der Waals surface area (Å²) in [6.45, 7) is 2.81. The van der Waals surface area contributed by atoms with Gasteiger partial charge in [0.05, 0.1) is 19.3 Å². The predicted molar refractivity (Wildman–Crippen MR) is 112 cm³/mol. The minimum Gasteiger partial charge on any atom is -0.489 e. The smallest absolute Gasteiger partial charge is 0.323 e. The number of carbonyl (C=O) groups excluding carboxylic acids is 1. The number of urea groups is 1. The molecule has 0 unspecified atom stereocenters. The van der Waals surface area contributed by atoms with Crippen LogP contribution in [0.25, 0.3) is 0 Å². The molecule has 2 amide bonds. The van der Waals surface area contributed by atoms with E-state index in [2.05, 4.69) is 15.3 Å². The Morgan fingerprint density at radius 3 is 2.53 bits per heavy atom. The van der Waals surface area contributed by atoms with E-state index in [0.29, 0.717) is 44.4 Å². The fraction of sp³-hybridized carbons (Fsp3) is 0.227. The monoisotopic (exact) mass is 405 g/mol. The van der Waals surface area contributed by atoms with Gasteiger partial charge in [-0.1, -0.05) is 36.4 Å². The van der Waals surface area contributed by atoms with Crippen molar-refractivity contribution in [2.45, 2.75) is 6.61 Å². The van der Waals surface area contributed by atoms with Crippen molar-refractivity contribution in [2.75, 3.05) is 31.5 Å². The molecule has 0 bridgehead atoms. The van der Waals surface area contributed by atoms with E-state index in [9.17, 15) is 4.79 Å². The van der Waals surface area contributed by atoms with Crippen molar-refractivity contribution in [3.63, 3.8) is 0 Å². The standard InChI is InChI=1S/C22H23N5O3/c28-22(25-21-16-23-9-10-24-21)26-11-13-27(14-12-26)30-20-8-4-7-19(15-20)29-17-18-5-2-1-3-6-18/h1-10,15-16H,11-14,17H2,(H,24,25,28). The summed E-state index contributed by atoms with van der Waals surface area (Å²) in [5.41, 5.74) is 1.11. The highest BCUT2D eigenvalue weighted by atomic mass is 16.7. The molecule has 3 aromatic rings. The van der Waals surface area contributed by atoms with Crippen LogP contribution in [-0.2, 0) is 6.61 Å². The summed E-state index contributed by atoms with van der Waals surface area (Å²) < 4.78 is 5.86. The summed E-state index contributed by atoms with van der Waals surface area (Å²) >= 11 is 0. The highest BCUT2D eigenvalue weighted by Crippen LogP contribution is 2.22. The van der Waals surface area contributed by atoms with Gasteiger partial charge in [-0.05, 0) is 17.7 Å². The third-order valence-electron chi connectivity index (χ3n) is 4.61. The van der Waals surface area contributed by atoms with Crippen molar-refractivity contribution in [1.29, 1.82) is 0 Å². The number of piperazine rings is 1. The van der Waals surface area contributed by atoms with Crippen LogP contribution in [0.3, 0.4) is 0 Å². The van der Waals surface area contributed by atoms with E-state index in [4.69, 9.17) is 9.57 Å². The first-order chi connectivity index (χ1) is 14.8. The lowest BCUT2D eigenvalue weighted by Crippen LogP contribution is -2.51. The van der Waals surface area contributed by atoms with Crippen LogP contribution in [0, 0.1) is 0 Å². The molecule has 2 aromatic carbocycles. The minimum absolute atomic E-state index is 0.188. The lowest BCUT2D eigenvalue weighted by molar-refractivity contribution is -0.0814. The molecule has 2 heterocycles. The molecule has 0 atom stereocenters. The molecule has 1 fully saturated rings. The summed E-state index contributed by atoms with van der Waals surface area (Å²) in [6, 6.07) is 17.4. The maximum absolute atomic E-state index is 12.3. The Morgan fingerprint density at radius 1 is 0.967 bits per heavy atom. The largest absolute Gasteiger partial charge is 0.489 e. The van der Waals surface area contributed by atoms with Crippen LogP contribution in [0.2, 0.25) is 0 Å². The first kappa shape index (κ1) is 19.7. The maximum Gasteiger partial charge on any atom is 0.323 e. The van der Waals surface area contributed by atoms with Gasteiger partial charge in [-0.25, -0.2) is 9.78 Å². The second kappa shape index (κ2) is 9.71. The molecular weight excluding hydrogens is 382 g/mol. The average molecular weight is 405 g/mol. The van der Waals surface area contributed by atoms with E-state index < -0.39 is 0 Å². The first-order valence-corrected chi connectivity index (χ1v) is 9.78. The van der Waals surface area contributed by atoms with E-state index in [1.807, 2.05) is 59.7 Å². The molecule has 0 radical (unpaired) electrons. The van der Waals surface area contributed by atoms with Crippen LogP contribution in [0.1, 0.15) is 5.56 Å². The molecule has 154 valence electrons. The fourth-order valence-electron chi connectivity index (χ4n) is 3.05. The summed E-state index contributed by atoms with van der Waals surface area (Å²) in [6.07, 6.45) is 4.62. The lowest BCUT2D eigenvalue weighted by Gasteiger charge is -2.33. The zero-order valence-corrected chi connectivity index (χ0v) is 16.5. The van der Waals surface area contributed by atoms with Crippen molar-refractivity contribution in [3.05, 3.63) is 78.8 Å². The molecule has 1 aliphatic rings. The minimum atomic E-state index is -0.188. The third-order valence-corrected chi connectivity index (χ3v) is 4.61. The predicted octanol–water partition coefficient (Wildman–Crippen LogP) is 3.20. The molecule has 30 heavy (non-hydrogen) atoms. The zero-order valence-electron chi connectivity index (χ0n) is 16.5. The van der Waals surface area contributed by atoms with Gasteiger partial charge < -0.3 is 14.5 Å². The Bertz CT molecular complexity index is 947. The second-order valence-electron chi connectivity index (χ2n) is 6.78. The van der Waals surface area contributed by atoms with E-state index in [0.717, 1.165) is 11.3 Å². The highest BCUT2D eigenvalue weighted by molar-refractivity contribution is 5.88. The number of amides is 2. The quantitative estimate of drug-likeness (QED) is 0.678. The Balaban J connectivity index is 1.25. The van der Waals surface area contributed by atoms with Crippen LogP contribution >= 0.6 is 0 Å². The zero-order chi connectivity index (χ0) is 20.6. The molecule has 4 rings (SSSR count). The van der Waals surface area contributed by atoms with Gasteiger partial charge in [0.25, 0.3) is 0 Å². The van der Waals surface area contributed by atoms with Gasteiger partial charge in [-0.2, -0.15) is 0 Å². The van der Waals surface area contributed by atoms with E-state index >= 15 is 0 Å². The van der Waals surface area contributed by atoms with Crippen molar-refractivity contribution in [2.24, 2.45) is 0 Å².